The van der Waals surface area contributed by atoms with Crippen LogP contribution in [0.15, 0.2) is 54.6 Å². The standard InChI is InChI=1S/C28H39N3O4/c1-8-28(6,7)31(23(32)19-30-26(34)35-27(3,4)5)24(22-16-14-20(2)15-17-22)25(33)29-18-21-12-10-9-11-13-21/h9-17,24H,8,18-19H2,1-7H3,(H,29,33)(H,30,34). The summed E-state index contributed by atoms with van der Waals surface area (Å²) in [6, 6.07) is 16.3. The van der Waals surface area contributed by atoms with Gasteiger partial charge in [-0.05, 0) is 59.1 Å². The second-order valence-corrected chi connectivity index (χ2v) is 10.3. The van der Waals surface area contributed by atoms with Crippen LogP contribution in [0.4, 0.5) is 4.79 Å². The molecule has 2 aromatic carbocycles. The number of alkyl carbamates (subject to hydrolysis) is 1. The Morgan fingerprint density at radius 1 is 0.914 bits per heavy atom. The summed E-state index contributed by atoms with van der Waals surface area (Å²) in [5.41, 5.74) is 1.37. The van der Waals surface area contributed by atoms with Crippen molar-refractivity contribution in [3.63, 3.8) is 0 Å². The Labute approximate surface area is 209 Å². The van der Waals surface area contributed by atoms with Gasteiger partial charge in [0.25, 0.3) is 0 Å². The number of ether oxygens (including phenoxy) is 1. The summed E-state index contributed by atoms with van der Waals surface area (Å²) >= 11 is 0. The molecule has 0 saturated heterocycles. The Hall–Kier alpha value is -3.35. The fraction of sp³-hybridized carbons (Fsp3) is 0.464. The van der Waals surface area contributed by atoms with Crippen LogP contribution in [-0.4, -0.2) is 40.5 Å². The maximum absolute atomic E-state index is 13.6. The van der Waals surface area contributed by atoms with Crippen molar-refractivity contribution in [2.45, 2.75) is 78.6 Å². The zero-order valence-corrected chi connectivity index (χ0v) is 22.0. The molecule has 0 saturated carbocycles. The molecule has 0 aliphatic heterocycles. The number of nitrogens with one attached hydrogen (secondary N) is 2. The fourth-order valence-electron chi connectivity index (χ4n) is 3.60. The summed E-state index contributed by atoms with van der Waals surface area (Å²) in [4.78, 5) is 40.9. The summed E-state index contributed by atoms with van der Waals surface area (Å²) < 4.78 is 5.27. The van der Waals surface area contributed by atoms with Crippen molar-refractivity contribution in [3.05, 3.63) is 71.3 Å². The molecule has 0 bridgehead atoms. The van der Waals surface area contributed by atoms with E-state index in [1.165, 1.54) is 0 Å². The topological polar surface area (TPSA) is 87.7 Å². The molecule has 2 rings (SSSR count). The van der Waals surface area contributed by atoms with E-state index in [2.05, 4.69) is 10.6 Å². The van der Waals surface area contributed by atoms with Gasteiger partial charge in [0.15, 0.2) is 0 Å². The van der Waals surface area contributed by atoms with Gasteiger partial charge in [-0.2, -0.15) is 0 Å². The number of carbonyl (C=O) groups excluding carboxylic acids is 3. The third-order valence-electron chi connectivity index (χ3n) is 5.78. The second-order valence-electron chi connectivity index (χ2n) is 10.3. The smallest absolute Gasteiger partial charge is 0.408 e. The predicted molar refractivity (Wildman–Crippen MR) is 138 cm³/mol. The van der Waals surface area contributed by atoms with E-state index < -0.39 is 23.3 Å². The van der Waals surface area contributed by atoms with E-state index in [1.54, 1.807) is 25.7 Å². The lowest BCUT2D eigenvalue weighted by Gasteiger charge is -2.43. The van der Waals surface area contributed by atoms with Gasteiger partial charge in [0, 0.05) is 12.1 Å². The molecule has 7 heteroatoms. The highest BCUT2D eigenvalue weighted by molar-refractivity contribution is 5.91. The summed E-state index contributed by atoms with van der Waals surface area (Å²) in [5.74, 6) is -0.659. The van der Waals surface area contributed by atoms with E-state index in [0.29, 0.717) is 18.5 Å². The first-order valence-electron chi connectivity index (χ1n) is 12.0. The molecule has 35 heavy (non-hydrogen) atoms. The average Bonchev–Trinajstić information content (AvgIpc) is 2.79. The Bertz CT molecular complexity index is 995. The minimum absolute atomic E-state index is 0.285. The molecule has 0 aliphatic carbocycles. The van der Waals surface area contributed by atoms with Crippen LogP contribution in [0, 0.1) is 6.92 Å². The normalized spacial score (nSPS) is 12.4. The quantitative estimate of drug-likeness (QED) is 0.534. The SMILES string of the molecule is CCC(C)(C)N(C(=O)CNC(=O)OC(C)(C)C)C(C(=O)NCc1ccccc1)c1ccc(C)cc1. The third-order valence-corrected chi connectivity index (χ3v) is 5.78. The van der Waals surface area contributed by atoms with Crippen LogP contribution in [0.2, 0.25) is 0 Å². The van der Waals surface area contributed by atoms with E-state index in [9.17, 15) is 14.4 Å². The molecule has 7 nitrogen and oxygen atoms in total. The monoisotopic (exact) mass is 481 g/mol. The first kappa shape index (κ1) is 27.9. The van der Waals surface area contributed by atoms with Crippen LogP contribution in [0.25, 0.3) is 0 Å². The van der Waals surface area contributed by atoms with Crippen molar-refractivity contribution in [1.82, 2.24) is 15.5 Å². The Kier molecular flexibility index (Phi) is 9.46. The maximum Gasteiger partial charge on any atom is 0.408 e. The summed E-state index contributed by atoms with van der Waals surface area (Å²) in [7, 11) is 0. The van der Waals surface area contributed by atoms with Gasteiger partial charge < -0.3 is 20.3 Å². The molecular weight excluding hydrogens is 442 g/mol. The number of aryl methyl sites for hydroxylation is 1. The molecule has 1 atom stereocenters. The molecule has 3 amide bonds. The lowest BCUT2D eigenvalue weighted by Crippen LogP contribution is -2.56. The van der Waals surface area contributed by atoms with Gasteiger partial charge in [-0.1, -0.05) is 67.1 Å². The number of hydrogen-bond donors (Lipinski definition) is 2. The number of amides is 3. The van der Waals surface area contributed by atoms with Gasteiger partial charge in [0.1, 0.15) is 18.2 Å². The number of nitrogens with zero attached hydrogens (tertiary/aromatic N) is 1. The molecule has 0 fully saturated rings. The summed E-state index contributed by atoms with van der Waals surface area (Å²) in [5, 5.41) is 5.54. The van der Waals surface area contributed by atoms with Crippen LogP contribution in [0.3, 0.4) is 0 Å². The molecule has 190 valence electrons. The summed E-state index contributed by atoms with van der Waals surface area (Å²) in [6.07, 6.45) is -0.0695. The van der Waals surface area contributed by atoms with Gasteiger partial charge in [-0.15, -0.1) is 0 Å². The van der Waals surface area contributed by atoms with E-state index in [0.717, 1.165) is 11.1 Å². The van der Waals surface area contributed by atoms with E-state index in [-0.39, 0.29) is 18.4 Å². The van der Waals surface area contributed by atoms with Crippen LogP contribution in [0.1, 0.15) is 70.7 Å². The third kappa shape index (κ3) is 8.42. The van der Waals surface area contributed by atoms with Crippen LogP contribution in [-0.2, 0) is 20.9 Å². The highest BCUT2D eigenvalue weighted by Crippen LogP contribution is 2.31. The zero-order chi connectivity index (χ0) is 26.2. The molecule has 0 aliphatic rings. The van der Waals surface area contributed by atoms with Crippen molar-refractivity contribution < 1.29 is 19.1 Å². The van der Waals surface area contributed by atoms with Gasteiger partial charge in [0.2, 0.25) is 11.8 Å². The van der Waals surface area contributed by atoms with Crippen molar-refractivity contribution in [2.75, 3.05) is 6.54 Å². The molecule has 2 N–H and O–H groups in total. The Morgan fingerprint density at radius 2 is 1.51 bits per heavy atom. The van der Waals surface area contributed by atoms with E-state index >= 15 is 0 Å². The van der Waals surface area contributed by atoms with Crippen LogP contribution < -0.4 is 10.6 Å². The van der Waals surface area contributed by atoms with Gasteiger partial charge in [0.05, 0.1) is 0 Å². The summed E-state index contributed by atoms with van der Waals surface area (Å²) in [6.45, 7) is 13.1. The maximum atomic E-state index is 13.6. The molecule has 0 spiro atoms. The largest absolute Gasteiger partial charge is 0.444 e. The average molecular weight is 482 g/mol. The van der Waals surface area contributed by atoms with Gasteiger partial charge in [-0.3, -0.25) is 9.59 Å². The minimum Gasteiger partial charge on any atom is -0.444 e. The zero-order valence-electron chi connectivity index (χ0n) is 22.0. The van der Waals surface area contributed by atoms with Crippen molar-refractivity contribution in [3.8, 4) is 0 Å². The molecule has 0 heterocycles. The van der Waals surface area contributed by atoms with E-state index in [1.807, 2.05) is 82.3 Å². The van der Waals surface area contributed by atoms with Crippen LogP contribution >= 0.6 is 0 Å². The molecule has 1 unspecified atom stereocenters. The predicted octanol–water partition coefficient (Wildman–Crippen LogP) is 4.89. The first-order chi connectivity index (χ1) is 16.3. The first-order valence-corrected chi connectivity index (χ1v) is 12.0. The number of hydrogen-bond acceptors (Lipinski definition) is 4. The lowest BCUT2D eigenvalue weighted by atomic mass is 9.92. The van der Waals surface area contributed by atoms with Gasteiger partial charge in [-0.25, -0.2) is 4.79 Å². The van der Waals surface area contributed by atoms with Crippen LogP contribution in [0.5, 0.6) is 0 Å². The Balaban J connectivity index is 2.37. The molecule has 0 radical (unpaired) electrons. The number of carbonyl (C=O) groups is 3. The highest BCUT2D eigenvalue weighted by Gasteiger charge is 2.40. The lowest BCUT2D eigenvalue weighted by molar-refractivity contribution is -0.146. The van der Waals surface area contributed by atoms with Gasteiger partial charge >= 0.3 is 6.09 Å². The highest BCUT2D eigenvalue weighted by atomic mass is 16.6. The van der Waals surface area contributed by atoms with Crippen molar-refractivity contribution >= 4 is 17.9 Å². The molecule has 2 aromatic rings. The second kappa shape index (κ2) is 11.9. The molecule has 0 aromatic heterocycles. The fourth-order valence-corrected chi connectivity index (χ4v) is 3.60. The number of rotatable bonds is 9. The molecular formula is C28H39N3O4. The van der Waals surface area contributed by atoms with Crippen molar-refractivity contribution in [1.29, 1.82) is 0 Å². The van der Waals surface area contributed by atoms with E-state index in [4.69, 9.17) is 4.74 Å². The number of benzene rings is 2. The minimum atomic E-state index is -0.873. The Morgan fingerprint density at radius 3 is 2.06 bits per heavy atom. The van der Waals surface area contributed by atoms with Crippen molar-refractivity contribution in [2.24, 2.45) is 0 Å².